The first-order valence-electron chi connectivity index (χ1n) is 9.08. The van der Waals surface area contributed by atoms with Crippen LogP contribution in [-0.2, 0) is 4.79 Å². The fourth-order valence-electron chi connectivity index (χ4n) is 2.66. The number of anilines is 1. The predicted octanol–water partition coefficient (Wildman–Crippen LogP) is 4.23. The van der Waals surface area contributed by atoms with E-state index in [-0.39, 0.29) is 16.4 Å². The van der Waals surface area contributed by atoms with E-state index in [1.807, 2.05) is 0 Å². The van der Waals surface area contributed by atoms with Gasteiger partial charge in [-0.3, -0.25) is 9.59 Å². The Balaban J connectivity index is 1.79. The predicted molar refractivity (Wildman–Crippen MR) is 112 cm³/mol. The molecule has 0 saturated carbocycles. The van der Waals surface area contributed by atoms with E-state index in [0.717, 1.165) is 29.5 Å². The lowest BCUT2D eigenvalue weighted by molar-refractivity contribution is -0.115. The lowest BCUT2D eigenvalue weighted by Gasteiger charge is -2.15. The number of H-pyrrole nitrogens is 1. The average molecular weight is 431 g/mol. The number of aromatic nitrogens is 2. The van der Waals surface area contributed by atoms with Crippen molar-refractivity contribution >= 4 is 23.4 Å². The van der Waals surface area contributed by atoms with Crippen molar-refractivity contribution < 1.29 is 18.3 Å². The number of ether oxygens (including phenoxy) is 1. The third kappa shape index (κ3) is 5.24. The minimum atomic E-state index is -0.865. The molecule has 3 aromatic rings. The Kier molecular flexibility index (Phi) is 6.83. The molecule has 0 bridgehead atoms. The van der Waals surface area contributed by atoms with Gasteiger partial charge in [0.2, 0.25) is 5.91 Å². The Hall–Kier alpha value is -3.20. The van der Waals surface area contributed by atoms with Crippen molar-refractivity contribution in [1.82, 2.24) is 9.97 Å². The van der Waals surface area contributed by atoms with E-state index >= 15 is 0 Å². The van der Waals surface area contributed by atoms with Gasteiger partial charge in [-0.25, -0.2) is 13.8 Å². The molecular weight excluding hydrogens is 412 g/mol. The monoisotopic (exact) mass is 431 g/mol. The van der Waals surface area contributed by atoms with E-state index in [9.17, 15) is 18.4 Å². The summed E-state index contributed by atoms with van der Waals surface area (Å²) < 4.78 is 32.0. The first-order chi connectivity index (χ1) is 14.4. The molecule has 2 aromatic carbocycles. The van der Waals surface area contributed by atoms with Gasteiger partial charge in [0.25, 0.3) is 5.56 Å². The highest BCUT2D eigenvalue weighted by atomic mass is 32.2. The van der Waals surface area contributed by atoms with Crippen LogP contribution in [0.15, 0.2) is 58.5 Å². The number of carbonyl (C=O) groups excluding carboxylic acids is 1. The topological polar surface area (TPSA) is 84.1 Å². The van der Waals surface area contributed by atoms with Crippen molar-refractivity contribution in [2.24, 2.45) is 0 Å². The summed E-state index contributed by atoms with van der Waals surface area (Å²) in [4.78, 5) is 31.7. The Bertz CT molecular complexity index is 1100. The average Bonchev–Trinajstić information content (AvgIpc) is 2.73. The van der Waals surface area contributed by atoms with E-state index < -0.39 is 22.8 Å². The summed E-state index contributed by atoms with van der Waals surface area (Å²) in [6, 6.07) is 11.3. The molecule has 2 N–H and O–H groups in total. The van der Waals surface area contributed by atoms with E-state index in [4.69, 9.17) is 4.74 Å². The SMILES string of the molecule is CCC(Sc1nc(-c2ccc(OC)cc2)cc(=O)[nH]1)C(=O)Nc1ccc(F)cc1F. The summed E-state index contributed by atoms with van der Waals surface area (Å²) in [7, 11) is 1.56. The Morgan fingerprint density at radius 1 is 1.20 bits per heavy atom. The maximum atomic E-state index is 13.8. The molecule has 6 nitrogen and oxygen atoms in total. The molecule has 156 valence electrons. The van der Waals surface area contributed by atoms with Gasteiger partial charge in [0, 0.05) is 17.7 Å². The molecule has 1 unspecified atom stereocenters. The maximum Gasteiger partial charge on any atom is 0.252 e. The Morgan fingerprint density at radius 2 is 1.93 bits per heavy atom. The van der Waals surface area contributed by atoms with Crippen molar-refractivity contribution in [3.05, 3.63) is 70.5 Å². The second-order valence-corrected chi connectivity index (χ2v) is 7.48. The highest BCUT2D eigenvalue weighted by Crippen LogP contribution is 2.26. The smallest absolute Gasteiger partial charge is 0.252 e. The molecule has 1 amide bonds. The van der Waals surface area contributed by atoms with Crippen LogP contribution in [0.3, 0.4) is 0 Å². The quantitative estimate of drug-likeness (QED) is 0.432. The second kappa shape index (κ2) is 9.53. The molecule has 0 aliphatic rings. The lowest BCUT2D eigenvalue weighted by Crippen LogP contribution is -2.25. The number of nitrogens with one attached hydrogen (secondary N) is 2. The molecule has 0 fully saturated rings. The van der Waals surface area contributed by atoms with Gasteiger partial charge in [0.05, 0.1) is 23.7 Å². The van der Waals surface area contributed by atoms with Crippen LogP contribution in [-0.4, -0.2) is 28.2 Å². The minimum Gasteiger partial charge on any atom is -0.497 e. The molecule has 0 aliphatic heterocycles. The van der Waals surface area contributed by atoms with Gasteiger partial charge in [-0.05, 0) is 42.8 Å². The van der Waals surface area contributed by atoms with E-state index in [1.165, 1.54) is 6.07 Å². The van der Waals surface area contributed by atoms with Gasteiger partial charge in [-0.2, -0.15) is 0 Å². The van der Waals surface area contributed by atoms with Crippen molar-refractivity contribution in [1.29, 1.82) is 0 Å². The van der Waals surface area contributed by atoms with E-state index in [1.54, 1.807) is 38.3 Å². The first-order valence-corrected chi connectivity index (χ1v) is 9.96. The zero-order valence-electron chi connectivity index (χ0n) is 16.2. The highest BCUT2D eigenvalue weighted by molar-refractivity contribution is 8.00. The van der Waals surface area contributed by atoms with Crippen LogP contribution in [0.25, 0.3) is 11.3 Å². The van der Waals surface area contributed by atoms with Crippen LogP contribution >= 0.6 is 11.8 Å². The Labute approximate surface area is 175 Å². The number of benzene rings is 2. The van der Waals surface area contributed by atoms with Gasteiger partial charge in [-0.1, -0.05) is 18.7 Å². The summed E-state index contributed by atoms with van der Waals surface area (Å²) in [6.07, 6.45) is 0.399. The Morgan fingerprint density at radius 3 is 2.57 bits per heavy atom. The van der Waals surface area contributed by atoms with Gasteiger partial charge in [-0.15, -0.1) is 0 Å². The number of thioether (sulfide) groups is 1. The molecule has 1 atom stereocenters. The van der Waals surface area contributed by atoms with Gasteiger partial charge < -0.3 is 15.0 Å². The van der Waals surface area contributed by atoms with Crippen molar-refractivity contribution in [3.8, 4) is 17.0 Å². The van der Waals surface area contributed by atoms with Crippen LogP contribution < -0.4 is 15.6 Å². The summed E-state index contributed by atoms with van der Waals surface area (Å²) in [6.45, 7) is 1.78. The number of carbonyl (C=O) groups is 1. The second-order valence-electron chi connectivity index (χ2n) is 6.29. The van der Waals surface area contributed by atoms with Gasteiger partial charge in [0.1, 0.15) is 17.4 Å². The summed E-state index contributed by atoms with van der Waals surface area (Å²) >= 11 is 1.06. The first kappa shape index (κ1) is 21.5. The third-order valence-corrected chi connectivity index (χ3v) is 5.46. The van der Waals surface area contributed by atoms with Crippen LogP contribution in [0.5, 0.6) is 5.75 Å². The number of methoxy groups -OCH3 is 1. The van der Waals surface area contributed by atoms with E-state index in [2.05, 4.69) is 15.3 Å². The number of halogens is 2. The number of nitrogens with zero attached hydrogens (tertiary/aromatic N) is 1. The number of amides is 1. The minimum absolute atomic E-state index is 0.117. The van der Waals surface area contributed by atoms with Crippen LogP contribution in [0.2, 0.25) is 0 Å². The van der Waals surface area contributed by atoms with Crippen LogP contribution in [0.4, 0.5) is 14.5 Å². The highest BCUT2D eigenvalue weighted by Gasteiger charge is 2.21. The normalized spacial score (nSPS) is 11.7. The molecule has 0 aliphatic carbocycles. The zero-order chi connectivity index (χ0) is 21.7. The lowest BCUT2D eigenvalue weighted by atomic mass is 10.1. The molecule has 1 aromatic heterocycles. The maximum absolute atomic E-state index is 13.8. The number of hydrogen-bond acceptors (Lipinski definition) is 5. The summed E-state index contributed by atoms with van der Waals surface area (Å²) in [5.41, 5.74) is 0.686. The molecule has 30 heavy (non-hydrogen) atoms. The number of aromatic amines is 1. The molecule has 9 heteroatoms. The van der Waals surface area contributed by atoms with Crippen molar-refractivity contribution in [2.45, 2.75) is 23.8 Å². The standard InChI is InChI=1S/C21H19F2N3O3S/c1-3-18(20(28)24-16-9-6-13(22)10-15(16)23)30-21-25-17(11-19(27)26-21)12-4-7-14(29-2)8-5-12/h4-11,18H,3H2,1-2H3,(H,24,28)(H,25,26,27). The molecule has 0 saturated heterocycles. The number of rotatable bonds is 7. The summed E-state index contributed by atoms with van der Waals surface area (Å²) in [5, 5.41) is 2.06. The largest absolute Gasteiger partial charge is 0.497 e. The zero-order valence-corrected chi connectivity index (χ0v) is 17.1. The van der Waals surface area contributed by atoms with Gasteiger partial charge >= 0.3 is 0 Å². The third-order valence-electron chi connectivity index (χ3n) is 4.21. The fourth-order valence-corrected chi connectivity index (χ4v) is 3.57. The van der Waals surface area contributed by atoms with Crippen molar-refractivity contribution in [3.63, 3.8) is 0 Å². The van der Waals surface area contributed by atoms with E-state index in [0.29, 0.717) is 23.9 Å². The van der Waals surface area contributed by atoms with Crippen LogP contribution in [0, 0.1) is 11.6 Å². The van der Waals surface area contributed by atoms with Crippen LogP contribution in [0.1, 0.15) is 13.3 Å². The van der Waals surface area contributed by atoms with Crippen molar-refractivity contribution in [2.75, 3.05) is 12.4 Å². The number of hydrogen-bond donors (Lipinski definition) is 2. The molecule has 3 rings (SSSR count). The summed E-state index contributed by atoms with van der Waals surface area (Å²) in [5.74, 6) is -1.40. The molecule has 1 heterocycles. The van der Waals surface area contributed by atoms with Gasteiger partial charge in [0.15, 0.2) is 5.16 Å². The molecule has 0 spiro atoms. The molecule has 0 radical (unpaired) electrons. The fraction of sp³-hybridized carbons (Fsp3) is 0.190. The molecular formula is C21H19F2N3O3S.